The summed E-state index contributed by atoms with van der Waals surface area (Å²) in [5.74, 6) is 5.69. The molecule has 1 unspecified atom stereocenters. The third-order valence-corrected chi connectivity index (χ3v) is 3.20. The van der Waals surface area contributed by atoms with Gasteiger partial charge in [0, 0.05) is 6.54 Å². The van der Waals surface area contributed by atoms with E-state index < -0.39 is 11.9 Å². The van der Waals surface area contributed by atoms with Gasteiger partial charge in [0.25, 0.3) is 0 Å². The maximum atomic E-state index is 13.5. The highest BCUT2D eigenvalue weighted by Crippen LogP contribution is 2.28. The van der Waals surface area contributed by atoms with Crippen molar-refractivity contribution in [3.63, 3.8) is 0 Å². The molecule has 2 rings (SSSR count). The van der Waals surface area contributed by atoms with Crippen molar-refractivity contribution in [1.82, 2.24) is 20.2 Å². The van der Waals surface area contributed by atoms with Gasteiger partial charge in [-0.05, 0) is 18.1 Å². The zero-order chi connectivity index (χ0) is 13.8. The summed E-state index contributed by atoms with van der Waals surface area (Å²) in [6, 6.07) is 4.09. The molecule has 0 amide bonds. The normalized spacial score (nSPS) is 12.6. The number of nitrogens with one attached hydrogen (secondary N) is 1. The van der Waals surface area contributed by atoms with Gasteiger partial charge in [0.05, 0.1) is 5.02 Å². The second-order valence-corrected chi connectivity index (χ2v) is 4.46. The number of hydrogen-bond acceptors (Lipinski definition) is 4. The smallest absolute Gasteiger partial charge is 0.149 e. The van der Waals surface area contributed by atoms with Crippen molar-refractivity contribution in [3.8, 4) is 0 Å². The van der Waals surface area contributed by atoms with Crippen molar-refractivity contribution in [2.75, 3.05) is 0 Å². The molecule has 0 radical (unpaired) electrons. The van der Waals surface area contributed by atoms with Crippen LogP contribution in [-0.2, 0) is 6.54 Å². The van der Waals surface area contributed by atoms with Gasteiger partial charge < -0.3 is 0 Å². The van der Waals surface area contributed by atoms with Crippen molar-refractivity contribution in [1.29, 1.82) is 0 Å². The monoisotopic (exact) mass is 283 g/mol. The molecule has 1 aromatic heterocycles. The number of benzene rings is 1. The van der Waals surface area contributed by atoms with Gasteiger partial charge in [-0.1, -0.05) is 30.7 Å². The van der Waals surface area contributed by atoms with Crippen LogP contribution < -0.4 is 11.3 Å². The molecule has 0 aliphatic carbocycles. The maximum absolute atomic E-state index is 13.5. The molecule has 3 N–H and O–H groups in total. The van der Waals surface area contributed by atoms with E-state index in [4.69, 9.17) is 17.4 Å². The fraction of sp³-hybridized carbons (Fsp3) is 0.333. The fourth-order valence-electron chi connectivity index (χ4n) is 1.93. The highest BCUT2D eigenvalue weighted by Gasteiger charge is 2.22. The Balaban J connectivity index is 2.44. The van der Waals surface area contributed by atoms with Crippen LogP contribution in [0.4, 0.5) is 4.39 Å². The number of aromatic nitrogens is 3. The van der Waals surface area contributed by atoms with E-state index in [9.17, 15) is 4.39 Å². The number of halogens is 2. The molecule has 102 valence electrons. The summed E-state index contributed by atoms with van der Waals surface area (Å²) >= 11 is 5.99. The highest BCUT2D eigenvalue weighted by molar-refractivity contribution is 6.31. The van der Waals surface area contributed by atoms with Gasteiger partial charge in [-0.15, -0.1) is 0 Å². The average Bonchev–Trinajstić information content (AvgIpc) is 2.84. The minimum atomic E-state index is -0.503. The van der Waals surface area contributed by atoms with Gasteiger partial charge >= 0.3 is 0 Å². The topological polar surface area (TPSA) is 68.8 Å². The Morgan fingerprint density at radius 2 is 2.32 bits per heavy atom. The third-order valence-electron chi connectivity index (χ3n) is 2.80. The van der Waals surface area contributed by atoms with E-state index in [0.717, 1.165) is 6.42 Å². The highest BCUT2D eigenvalue weighted by atomic mass is 35.5. The average molecular weight is 284 g/mol. The first-order chi connectivity index (χ1) is 9.19. The van der Waals surface area contributed by atoms with Gasteiger partial charge in [0.15, 0.2) is 0 Å². The minimum Gasteiger partial charge on any atom is -0.270 e. The van der Waals surface area contributed by atoms with Gasteiger partial charge in [0.2, 0.25) is 0 Å². The number of aryl methyl sites for hydroxylation is 1. The summed E-state index contributed by atoms with van der Waals surface area (Å²) in [5, 5.41) is 4.16. The third kappa shape index (κ3) is 2.75. The van der Waals surface area contributed by atoms with Crippen LogP contribution in [0.25, 0.3) is 0 Å². The molecule has 0 saturated carbocycles. The quantitative estimate of drug-likeness (QED) is 0.651. The lowest BCUT2D eigenvalue weighted by atomic mass is 10.1. The molecule has 7 heteroatoms. The van der Waals surface area contributed by atoms with Gasteiger partial charge in [0.1, 0.15) is 24.0 Å². The molecule has 0 spiro atoms. The van der Waals surface area contributed by atoms with Crippen LogP contribution in [0.3, 0.4) is 0 Å². The second kappa shape index (κ2) is 6.10. The Bertz CT molecular complexity index is 557. The van der Waals surface area contributed by atoms with Crippen LogP contribution in [0.1, 0.15) is 30.8 Å². The minimum absolute atomic E-state index is 0.0384. The van der Waals surface area contributed by atoms with E-state index in [1.54, 1.807) is 16.8 Å². The molecule has 19 heavy (non-hydrogen) atoms. The standard InChI is InChI=1S/C12H15ClFN5/c1-2-6-19-12(16-7-17-19)11(18-15)8-4-3-5-9(14)10(8)13/h3-5,7,11,18H,2,6,15H2,1H3. The van der Waals surface area contributed by atoms with Crippen molar-refractivity contribution >= 4 is 11.6 Å². The Hall–Kier alpha value is -1.50. The summed E-state index contributed by atoms with van der Waals surface area (Å²) in [6.45, 7) is 2.74. The number of hydrogen-bond donors (Lipinski definition) is 2. The molecule has 1 aromatic carbocycles. The first-order valence-corrected chi connectivity index (χ1v) is 6.34. The number of nitrogens with zero attached hydrogens (tertiary/aromatic N) is 3. The van der Waals surface area contributed by atoms with Gasteiger partial charge in [-0.3, -0.25) is 5.84 Å². The molecular formula is C12H15ClFN5. The van der Waals surface area contributed by atoms with Crippen molar-refractivity contribution in [2.45, 2.75) is 25.9 Å². The molecule has 1 atom stereocenters. The van der Waals surface area contributed by atoms with E-state index in [2.05, 4.69) is 15.5 Å². The van der Waals surface area contributed by atoms with E-state index in [1.165, 1.54) is 12.4 Å². The Kier molecular flexibility index (Phi) is 4.47. The second-order valence-electron chi connectivity index (χ2n) is 4.08. The van der Waals surface area contributed by atoms with Gasteiger partial charge in [-0.25, -0.2) is 19.5 Å². The molecule has 0 bridgehead atoms. The number of rotatable bonds is 5. The van der Waals surface area contributed by atoms with Crippen LogP contribution in [0.2, 0.25) is 5.02 Å². The summed E-state index contributed by atoms with van der Waals surface area (Å²) in [5.41, 5.74) is 3.15. The van der Waals surface area contributed by atoms with E-state index in [-0.39, 0.29) is 5.02 Å². The molecule has 0 saturated heterocycles. The lowest BCUT2D eigenvalue weighted by Crippen LogP contribution is -2.31. The summed E-state index contributed by atoms with van der Waals surface area (Å²) in [6.07, 6.45) is 2.35. The summed E-state index contributed by atoms with van der Waals surface area (Å²) in [7, 11) is 0. The van der Waals surface area contributed by atoms with Gasteiger partial charge in [-0.2, -0.15) is 5.10 Å². The van der Waals surface area contributed by atoms with E-state index in [1.807, 2.05) is 6.92 Å². The van der Waals surface area contributed by atoms with Crippen LogP contribution in [0.5, 0.6) is 0 Å². The Morgan fingerprint density at radius 1 is 1.53 bits per heavy atom. The van der Waals surface area contributed by atoms with Crippen LogP contribution in [0, 0.1) is 5.82 Å². The zero-order valence-electron chi connectivity index (χ0n) is 10.5. The largest absolute Gasteiger partial charge is 0.270 e. The van der Waals surface area contributed by atoms with E-state index >= 15 is 0 Å². The molecule has 0 fully saturated rings. The zero-order valence-corrected chi connectivity index (χ0v) is 11.2. The fourth-order valence-corrected chi connectivity index (χ4v) is 2.16. The van der Waals surface area contributed by atoms with Crippen molar-refractivity contribution in [2.24, 2.45) is 5.84 Å². The Morgan fingerprint density at radius 3 is 3.00 bits per heavy atom. The van der Waals surface area contributed by atoms with Crippen LogP contribution in [-0.4, -0.2) is 14.8 Å². The van der Waals surface area contributed by atoms with E-state index in [0.29, 0.717) is 17.9 Å². The molecule has 5 nitrogen and oxygen atoms in total. The van der Waals surface area contributed by atoms with Crippen LogP contribution in [0.15, 0.2) is 24.5 Å². The lowest BCUT2D eigenvalue weighted by Gasteiger charge is -2.18. The predicted molar refractivity (Wildman–Crippen MR) is 70.9 cm³/mol. The molecular weight excluding hydrogens is 269 g/mol. The van der Waals surface area contributed by atoms with Crippen molar-refractivity contribution in [3.05, 3.63) is 46.8 Å². The van der Waals surface area contributed by atoms with Crippen LogP contribution >= 0.6 is 11.6 Å². The summed E-state index contributed by atoms with van der Waals surface area (Å²) < 4.78 is 15.3. The first-order valence-electron chi connectivity index (χ1n) is 5.96. The first kappa shape index (κ1) is 13.9. The number of nitrogens with two attached hydrogens (primary N) is 1. The van der Waals surface area contributed by atoms with Crippen molar-refractivity contribution < 1.29 is 4.39 Å². The molecule has 2 aromatic rings. The Labute approximate surface area is 115 Å². The predicted octanol–water partition coefficient (Wildman–Crippen LogP) is 2.03. The molecule has 1 heterocycles. The lowest BCUT2D eigenvalue weighted by molar-refractivity contribution is 0.509. The SMILES string of the molecule is CCCn1ncnc1C(NN)c1cccc(F)c1Cl. The summed E-state index contributed by atoms with van der Waals surface area (Å²) in [4.78, 5) is 4.18. The number of hydrazine groups is 1. The maximum Gasteiger partial charge on any atom is 0.149 e. The molecule has 0 aliphatic rings. The molecule has 0 aliphatic heterocycles.